The third kappa shape index (κ3) is 4.73. The van der Waals surface area contributed by atoms with Crippen LogP contribution in [0.25, 0.3) is 0 Å². The highest BCUT2D eigenvalue weighted by atomic mass is 35.5. The Balaban J connectivity index is 0.00000312. The van der Waals surface area contributed by atoms with Crippen LogP contribution in [0.4, 0.5) is 0 Å². The summed E-state index contributed by atoms with van der Waals surface area (Å²) in [4.78, 5) is 15.1. The summed E-state index contributed by atoms with van der Waals surface area (Å²) in [5, 5.41) is 3.28. The van der Waals surface area contributed by atoms with E-state index in [9.17, 15) is 13.2 Å². The zero-order chi connectivity index (χ0) is 17.9. The minimum atomic E-state index is -3.60. The molecule has 2 N–H and O–H groups in total. The van der Waals surface area contributed by atoms with E-state index in [-0.39, 0.29) is 29.3 Å². The number of nitrogens with zero attached hydrogens (tertiary/aromatic N) is 1. The van der Waals surface area contributed by atoms with Gasteiger partial charge in [0.2, 0.25) is 10.0 Å². The van der Waals surface area contributed by atoms with Gasteiger partial charge in [-0.2, -0.15) is 0 Å². The molecule has 1 heterocycles. The Labute approximate surface area is 156 Å². The highest BCUT2D eigenvalue weighted by molar-refractivity contribution is 7.89. The Hall–Kier alpha value is -1.15. The second kappa shape index (κ2) is 8.98. The Morgan fingerprint density at radius 1 is 1.36 bits per heavy atom. The molecule has 0 radical (unpaired) electrons. The van der Waals surface area contributed by atoms with Crippen molar-refractivity contribution >= 4 is 28.3 Å². The molecule has 0 bridgehead atoms. The standard InChI is InChI=1S/C17H27N3O3S.ClH/c1-5-8-20(15-6-7-19-11-15)17(21)14-9-12(2)13(3)16(10-14)24(22,23)18-4;/h9-10,15,18-19H,5-8,11H2,1-4H3;1H. The topological polar surface area (TPSA) is 78.5 Å². The lowest BCUT2D eigenvalue weighted by atomic mass is 10.0. The van der Waals surface area contributed by atoms with Crippen molar-refractivity contribution in [3.63, 3.8) is 0 Å². The number of hydrogen-bond donors (Lipinski definition) is 2. The molecule has 1 aromatic carbocycles. The lowest BCUT2D eigenvalue weighted by Crippen LogP contribution is -2.42. The van der Waals surface area contributed by atoms with Crippen molar-refractivity contribution in [1.29, 1.82) is 0 Å². The van der Waals surface area contributed by atoms with Crippen molar-refractivity contribution in [2.24, 2.45) is 0 Å². The van der Waals surface area contributed by atoms with E-state index in [1.165, 1.54) is 13.1 Å². The van der Waals surface area contributed by atoms with Gasteiger partial charge < -0.3 is 10.2 Å². The van der Waals surface area contributed by atoms with Crippen LogP contribution in [0.1, 0.15) is 41.3 Å². The minimum absolute atomic E-state index is 0. The van der Waals surface area contributed by atoms with Gasteiger partial charge in [0.15, 0.2) is 0 Å². The van der Waals surface area contributed by atoms with Crippen LogP contribution in [-0.4, -0.2) is 51.9 Å². The fraction of sp³-hybridized carbons (Fsp3) is 0.588. The molecule has 25 heavy (non-hydrogen) atoms. The molecule has 1 amide bonds. The second-order valence-electron chi connectivity index (χ2n) is 6.27. The molecule has 1 fully saturated rings. The molecular formula is C17H28ClN3O3S. The number of hydrogen-bond acceptors (Lipinski definition) is 4. The van der Waals surface area contributed by atoms with E-state index in [2.05, 4.69) is 10.0 Å². The summed E-state index contributed by atoms with van der Waals surface area (Å²) in [6.07, 6.45) is 1.80. The maximum atomic E-state index is 13.0. The zero-order valence-corrected chi connectivity index (χ0v) is 16.9. The number of halogens is 1. The molecule has 142 valence electrons. The summed E-state index contributed by atoms with van der Waals surface area (Å²) in [5.74, 6) is -0.0961. The van der Waals surface area contributed by atoms with Crippen molar-refractivity contribution in [2.75, 3.05) is 26.7 Å². The Morgan fingerprint density at radius 3 is 2.56 bits per heavy atom. The number of carbonyl (C=O) groups excluding carboxylic acids is 1. The van der Waals surface area contributed by atoms with Crippen LogP contribution in [0, 0.1) is 13.8 Å². The van der Waals surface area contributed by atoms with E-state index in [0.717, 1.165) is 31.5 Å². The third-order valence-corrected chi connectivity index (χ3v) is 6.17. The fourth-order valence-corrected chi connectivity index (χ4v) is 4.17. The quantitative estimate of drug-likeness (QED) is 0.778. The lowest BCUT2D eigenvalue weighted by molar-refractivity contribution is 0.0692. The number of amides is 1. The smallest absolute Gasteiger partial charge is 0.254 e. The van der Waals surface area contributed by atoms with Gasteiger partial charge in [-0.25, -0.2) is 13.1 Å². The van der Waals surface area contributed by atoms with Crippen LogP contribution < -0.4 is 10.0 Å². The van der Waals surface area contributed by atoms with Gasteiger partial charge in [0, 0.05) is 24.7 Å². The number of aryl methyl sites for hydroxylation is 1. The zero-order valence-electron chi connectivity index (χ0n) is 15.3. The lowest BCUT2D eigenvalue weighted by Gasteiger charge is -2.28. The van der Waals surface area contributed by atoms with Gasteiger partial charge in [-0.05, 0) is 63.5 Å². The summed E-state index contributed by atoms with van der Waals surface area (Å²) in [5.41, 5.74) is 1.91. The molecule has 0 saturated carbocycles. The molecule has 1 unspecified atom stereocenters. The van der Waals surface area contributed by atoms with Gasteiger partial charge in [0.1, 0.15) is 0 Å². The van der Waals surface area contributed by atoms with E-state index >= 15 is 0 Å². The minimum Gasteiger partial charge on any atom is -0.334 e. The first-order chi connectivity index (χ1) is 11.3. The third-order valence-electron chi connectivity index (χ3n) is 4.63. The van der Waals surface area contributed by atoms with Gasteiger partial charge in [-0.15, -0.1) is 12.4 Å². The largest absolute Gasteiger partial charge is 0.334 e. The van der Waals surface area contributed by atoms with Crippen molar-refractivity contribution in [3.05, 3.63) is 28.8 Å². The summed E-state index contributed by atoms with van der Waals surface area (Å²) >= 11 is 0. The molecule has 1 aliphatic heterocycles. The van der Waals surface area contributed by atoms with Gasteiger partial charge in [0.25, 0.3) is 5.91 Å². The fourth-order valence-electron chi connectivity index (χ4n) is 3.10. The van der Waals surface area contributed by atoms with Gasteiger partial charge in [-0.1, -0.05) is 6.92 Å². The molecule has 0 aliphatic carbocycles. The SMILES string of the molecule is CCCN(C(=O)c1cc(C)c(C)c(S(=O)(=O)NC)c1)C1CCNC1.Cl. The van der Waals surface area contributed by atoms with E-state index < -0.39 is 10.0 Å². The van der Waals surface area contributed by atoms with Crippen molar-refractivity contribution < 1.29 is 13.2 Å². The molecular weight excluding hydrogens is 362 g/mol. The highest BCUT2D eigenvalue weighted by Crippen LogP contribution is 2.23. The Morgan fingerprint density at radius 2 is 2.04 bits per heavy atom. The van der Waals surface area contributed by atoms with E-state index in [1.54, 1.807) is 13.0 Å². The van der Waals surface area contributed by atoms with Crippen LogP contribution in [-0.2, 0) is 10.0 Å². The first-order valence-corrected chi connectivity index (χ1v) is 9.86. The monoisotopic (exact) mass is 389 g/mol. The Bertz CT molecular complexity index is 716. The molecule has 0 aromatic heterocycles. The van der Waals surface area contributed by atoms with Crippen LogP contribution in [0.5, 0.6) is 0 Å². The predicted molar refractivity (Wildman–Crippen MR) is 102 cm³/mol. The van der Waals surface area contributed by atoms with E-state index in [4.69, 9.17) is 0 Å². The summed E-state index contributed by atoms with van der Waals surface area (Å²) in [7, 11) is -2.22. The predicted octanol–water partition coefficient (Wildman–Crippen LogP) is 1.85. The molecule has 1 atom stereocenters. The number of rotatable bonds is 6. The van der Waals surface area contributed by atoms with Crippen molar-refractivity contribution in [1.82, 2.24) is 14.9 Å². The van der Waals surface area contributed by atoms with E-state index in [0.29, 0.717) is 17.7 Å². The maximum absolute atomic E-state index is 13.0. The molecule has 2 rings (SSSR count). The van der Waals surface area contributed by atoms with Crippen molar-refractivity contribution in [2.45, 2.75) is 44.6 Å². The molecule has 8 heteroatoms. The summed E-state index contributed by atoms with van der Waals surface area (Å²) in [6, 6.07) is 3.46. The normalized spacial score (nSPS) is 17.2. The highest BCUT2D eigenvalue weighted by Gasteiger charge is 2.28. The molecule has 6 nitrogen and oxygen atoms in total. The Kier molecular flexibility index (Phi) is 7.87. The number of sulfonamides is 1. The summed E-state index contributed by atoms with van der Waals surface area (Å²) < 4.78 is 26.8. The van der Waals surface area contributed by atoms with Crippen LogP contribution in [0.3, 0.4) is 0 Å². The van der Waals surface area contributed by atoms with Gasteiger partial charge >= 0.3 is 0 Å². The molecule has 1 saturated heterocycles. The van der Waals surface area contributed by atoms with Crippen molar-refractivity contribution in [3.8, 4) is 0 Å². The number of benzene rings is 1. The number of nitrogens with one attached hydrogen (secondary N) is 2. The first-order valence-electron chi connectivity index (χ1n) is 8.38. The van der Waals surface area contributed by atoms with Crippen LogP contribution >= 0.6 is 12.4 Å². The summed E-state index contributed by atoms with van der Waals surface area (Å²) in [6.45, 7) is 8.01. The van der Waals surface area contributed by atoms with Crippen LogP contribution in [0.2, 0.25) is 0 Å². The van der Waals surface area contributed by atoms with Gasteiger partial charge in [-0.3, -0.25) is 4.79 Å². The molecule has 0 spiro atoms. The first kappa shape index (κ1) is 21.9. The average Bonchev–Trinajstić information content (AvgIpc) is 3.08. The molecule has 1 aromatic rings. The average molecular weight is 390 g/mol. The second-order valence-corrected chi connectivity index (χ2v) is 8.12. The maximum Gasteiger partial charge on any atom is 0.254 e. The number of carbonyl (C=O) groups is 1. The van der Waals surface area contributed by atoms with Gasteiger partial charge in [0.05, 0.1) is 4.90 Å². The van der Waals surface area contributed by atoms with Crippen LogP contribution in [0.15, 0.2) is 17.0 Å². The molecule has 1 aliphatic rings. The van der Waals surface area contributed by atoms with E-state index in [1.807, 2.05) is 18.7 Å².